The van der Waals surface area contributed by atoms with E-state index in [-0.39, 0.29) is 4.90 Å². The lowest BCUT2D eigenvalue weighted by molar-refractivity contribution is 0.592. The van der Waals surface area contributed by atoms with E-state index in [1.54, 1.807) is 25.2 Å². The van der Waals surface area contributed by atoms with Gasteiger partial charge >= 0.3 is 0 Å². The fourth-order valence-electron chi connectivity index (χ4n) is 1.86. The topological polar surface area (TPSA) is 58.2 Å². The molecule has 4 nitrogen and oxygen atoms in total. The molecule has 0 spiro atoms. The van der Waals surface area contributed by atoms with Crippen molar-refractivity contribution in [2.45, 2.75) is 11.4 Å². The number of halogens is 2. The number of nitrogens with one attached hydrogen (secondary N) is 2. The fourth-order valence-corrected chi connectivity index (χ4v) is 3.89. The minimum Gasteiger partial charge on any atom is -0.316 e. The molecule has 0 aromatic heterocycles. The number of benzene rings is 2. The first-order valence-electron chi connectivity index (χ1n) is 6.14. The Balaban J connectivity index is 2.44. The van der Waals surface area contributed by atoms with Crippen LogP contribution in [-0.4, -0.2) is 15.5 Å². The Bertz CT molecular complexity index is 750. The third-order valence-electron chi connectivity index (χ3n) is 2.80. The second kappa shape index (κ2) is 6.71. The van der Waals surface area contributed by atoms with E-state index in [1.165, 1.54) is 12.1 Å². The van der Waals surface area contributed by atoms with Crippen LogP contribution in [0.25, 0.3) is 0 Å². The van der Waals surface area contributed by atoms with Crippen LogP contribution < -0.4 is 10.0 Å². The van der Waals surface area contributed by atoms with Gasteiger partial charge in [-0.1, -0.05) is 18.2 Å². The van der Waals surface area contributed by atoms with Crippen LogP contribution in [0.1, 0.15) is 5.56 Å². The van der Waals surface area contributed by atoms with Crippen LogP contribution in [0.2, 0.25) is 0 Å². The number of sulfonamides is 1. The summed E-state index contributed by atoms with van der Waals surface area (Å²) in [4.78, 5) is -0.0588. The first kappa shape index (κ1) is 16.2. The average molecular weight is 420 g/mol. The quantitative estimate of drug-likeness (QED) is 0.732. The molecule has 2 N–H and O–H groups in total. The molecular formula is C14H14FIN2O2S. The van der Waals surface area contributed by atoms with Crippen LogP contribution >= 0.6 is 22.6 Å². The van der Waals surface area contributed by atoms with E-state index < -0.39 is 15.8 Å². The van der Waals surface area contributed by atoms with Crippen LogP contribution in [-0.2, 0) is 16.6 Å². The molecule has 0 aliphatic heterocycles. The van der Waals surface area contributed by atoms with Crippen LogP contribution in [0.15, 0.2) is 47.4 Å². The number of hydrogen-bond acceptors (Lipinski definition) is 3. The second-order valence-corrected chi connectivity index (χ2v) is 7.18. The molecule has 112 valence electrons. The van der Waals surface area contributed by atoms with Gasteiger partial charge in [0.2, 0.25) is 0 Å². The Hall–Kier alpha value is -1.19. The van der Waals surface area contributed by atoms with E-state index in [0.29, 0.717) is 17.8 Å². The molecule has 7 heteroatoms. The third kappa shape index (κ3) is 3.92. The molecule has 0 unspecified atom stereocenters. The van der Waals surface area contributed by atoms with Crippen LogP contribution in [0.3, 0.4) is 0 Å². The molecule has 0 amide bonds. The summed E-state index contributed by atoms with van der Waals surface area (Å²) in [6.45, 7) is 0.336. The van der Waals surface area contributed by atoms with Gasteiger partial charge in [-0.3, -0.25) is 4.72 Å². The molecule has 0 saturated heterocycles. The monoisotopic (exact) mass is 420 g/mol. The number of anilines is 1. The van der Waals surface area contributed by atoms with E-state index in [2.05, 4.69) is 10.0 Å². The van der Waals surface area contributed by atoms with E-state index in [1.807, 2.05) is 28.7 Å². The Kier molecular flexibility index (Phi) is 5.17. The first-order chi connectivity index (χ1) is 9.94. The van der Waals surface area contributed by atoms with Crippen molar-refractivity contribution in [1.82, 2.24) is 5.32 Å². The molecule has 21 heavy (non-hydrogen) atoms. The molecule has 0 bridgehead atoms. The van der Waals surface area contributed by atoms with Crippen LogP contribution in [0.4, 0.5) is 10.1 Å². The zero-order valence-electron chi connectivity index (χ0n) is 11.2. The van der Waals surface area contributed by atoms with Gasteiger partial charge in [0.05, 0.1) is 10.6 Å². The van der Waals surface area contributed by atoms with Crippen molar-refractivity contribution in [2.75, 3.05) is 11.8 Å². The Morgan fingerprint density at radius 1 is 1.19 bits per heavy atom. The zero-order valence-corrected chi connectivity index (χ0v) is 14.2. The highest BCUT2D eigenvalue weighted by Gasteiger charge is 2.20. The number of rotatable bonds is 5. The zero-order chi connectivity index (χ0) is 15.5. The Morgan fingerprint density at radius 2 is 1.90 bits per heavy atom. The summed E-state index contributed by atoms with van der Waals surface area (Å²) in [5.41, 5.74) is 0.982. The van der Waals surface area contributed by atoms with Crippen molar-refractivity contribution in [1.29, 1.82) is 0 Å². The maximum absolute atomic E-state index is 13.4. The largest absolute Gasteiger partial charge is 0.316 e. The molecule has 2 aromatic rings. The summed E-state index contributed by atoms with van der Waals surface area (Å²) in [6.07, 6.45) is 0. The van der Waals surface area contributed by atoms with E-state index in [9.17, 15) is 12.8 Å². The van der Waals surface area contributed by atoms with Gasteiger partial charge in [-0.05, 0) is 59.5 Å². The van der Waals surface area contributed by atoms with Gasteiger partial charge < -0.3 is 5.32 Å². The summed E-state index contributed by atoms with van der Waals surface area (Å²) in [6, 6.07) is 10.8. The summed E-state index contributed by atoms with van der Waals surface area (Å²) in [5.74, 6) is -0.585. The normalized spacial score (nSPS) is 11.4. The number of para-hydroxylation sites is 1. The average Bonchev–Trinajstić information content (AvgIpc) is 2.43. The highest BCUT2D eigenvalue weighted by molar-refractivity contribution is 14.1. The van der Waals surface area contributed by atoms with E-state index in [0.717, 1.165) is 9.64 Å². The van der Waals surface area contributed by atoms with E-state index in [4.69, 9.17) is 0 Å². The SMILES string of the molecule is CNCc1ccc(F)cc1S(=O)(=O)Nc1ccccc1I. The molecular weight excluding hydrogens is 406 g/mol. The molecule has 0 aliphatic rings. The summed E-state index contributed by atoms with van der Waals surface area (Å²) in [7, 11) is -2.14. The van der Waals surface area contributed by atoms with Gasteiger partial charge in [-0.25, -0.2) is 12.8 Å². The lowest BCUT2D eigenvalue weighted by Crippen LogP contribution is -2.18. The third-order valence-corrected chi connectivity index (χ3v) is 5.19. The highest BCUT2D eigenvalue weighted by Crippen LogP contribution is 2.24. The minimum absolute atomic E-state index is 0.0588. The predicted molar refractivity (Wildman–Crippen MR) is 89.1 cm³/mol. The molecule has 0 aliphatic carbocycles. The van der Waals surface area contributed by atoms with Gasteiger partial charge in [-0.2, -0.15) is 0 Å². The lowest BCUT2D eigenvalue weighted by atomic mass is 10.2. The Labute approximate surface area is 137 Å². The van der Waals surface area contributed by atoms with Gasteiger partial charge in [0, 0.05) is 10.1 Å². The van der Waals surface area contributed by atoms with Crippen molar-refractivity contribution in [3.05, 3.63) is 57.4 Å². The minimum atomic E-state index is -3.85. The summed E-state index contributed by atoms with van der Waals surface area (Å²) in [5, 5.41) is 2.88. The molecule has 0 heterocycles. The van der Waals surface area contributed by atoms with Crippen molar-refractivity contribution in [2.24, 2.45) is 0 Å². The van der Waals surface area contributed by atoms with Gasteiger partial charge in [0.15, 0.2) is 0 Å². The van der Waals surface area contributed by atoms with Gasteiger partial charge in [-0.15, -0.1) is 0 Å². The standard InChI is InChI=1S/C14H14FIN2O2S/c1-17-9-10-6-7-11(15)8-14(10)21(19,20)18-13-5-3-2-4-12(13)16/h2-8,17-18H,9H2,1H3. The summed E-state index contributed by atoms with van der Waals surface area (Å²) < 4.78 is 41.7. The molecule has 0 radical (unpaired) electrons. The fraction of sp³-hybridized carbons (Fsp3) is 0.143. The van der Waals surface area contributed by atoms with Crippen LogP contribution in [0.5, 0.6) is 0 Å². The molecule has 0 fully saturated rings. The van der Waals surface area contributed by atoms with Crippen molar-refractivity contribution in [3.63, 3.8) is 0 Å². The molecule has 2 rings (SSSR count). The maximum atomic E-state index is 13.4. The molecule has 0 atom stereocenters. The highest BCUT2D eigenvalue weighted by atomic mass is 127. The van der Waals surface area contributed by atoms with Crippen molar-refractivity contribution >= 4 is 38.3 Å². The Morgan fingerprint density at radius 3 is 2.57 bits per heavy atom. The van der Waals surface area contributed by atoms with Gasteiger partial charge in [0.1, 0.15) is 5.82 Å². The molecule has 0 saturated carbocycles. The number of hydrogen-bond donors (Lipinski definition) is 2. The maximum Gasteiger partial charge on any atom is 0.262 e. The second-order valence-electron chi connectivity index (χ2n) is 4.37. The molecule has 2 aromatic carbocycles. The summed E-state index contributed by atoms with van der Waals surface area (Å²) >= 11 is 2.04. The first-order valence-corrected chi connectivity index (χ1v) is 8.70. The van der Waals surface area contributed by atoms with Crippen molar-refractivity contribution in [3.8, 4) is 0 Å². The van der Waals surface area contributed by atoms with E-state index >= 15 is 0 Å². The van der Waals surface area contributed by atoms with Crippen LogP contribution in [0, 0.1) is 9.39 Å². The lowest BCUT2D eigenvalue weighted by Gasteiger charge is -2.13. The predicted octanol–water partition coefficient (Wildman–Crippen LogP) is 2.95. The van der Waals surface area contributed by atoms with Crippen molar-refractivity contribution < 1.29 is 12.8 Å². The van der Waals surface area contributed by atoms with Gasteiger partial charge in [0.25, 0.3) is 10.0 Å². The smallest absolute Gasteiger partial charge is 0.262 e.